The lowest BCUT2D eigenvalue weighted by atomic mass is 10.0. The molecule has 0 unspecified atom stereocenters. The SMILES string of the molecule is O=C(Cl)COc1ccccc1C(=O)c1ccc(F)cc1. The fraction of sp³-hybridized carbons (Fsp3) is 0.0667. The predicted octanol–water partition coefficient (Wildman–Crippen LogP) is 3.20. The molecule has 3 nitrogen and oxygen atoms in total. The van der Waals surface area contributed by atoms with E-state index in [1.807, 2.05) is 0 Å². The second-order valence-corrected chi connectivity index (χ2v) is 4.40. The third-order valence-electron chi connectivity index (χ3n) is 2.58. The second kappa shape index (κ2) is 6.30. The lowest BCUT2D eigenvalue weighted by Gasteiger charge is -2.09. The van der Waals surface area contributed by atoms with Crippen LogP contribution in [0.2, 0.25) is 0 Å². The van der Waals surface area contributed by atoms with E-state index in [4.69, 9.17) is 16.3 Å². The van der Waals surface area contributed by atoms with E-state index in [1.165, 1.54) is 24.3 Å². The largest absolute Gasteiger partial charge is 0.484 e. The van der Waals surface area contributed by atoms with Crippen molar-refractivity contribution in [1.29, 1.82) is 0 Å². The van der Waals surface area contributed by atoms with Gasteiger partial charge in [0.05, 0.1) is 5.56 Å². The zero-order chi connectivity index (χ0) is 14.5. The zero-order valence-corrected chi connectivity index (χ0v) is 11.1. The van der Waals surface area contributed by atoms with Crippen LogP contribution in [0.15, 0.2) is 48.5 Å². The molecule has 2 aromatic rings. The average molecular weight is 293 g/mol. The number of rotatable bonds is 5. The molecule has 102 valence electrons. The van der Waals surface area contributed by atoms with E-state index in [-0.39, 0.29) is 23.7 Å². The number of ether oxygens (including phenoxy) is 1. The molecule has 0 bridgehead atoms. The van der Waals surface area contributed by atoms with Crippen LogP contribution in [0.25, 0.3) is 0 Å². The summed E-state index contributed by atoms with van der Waals surface area (Å²) in [5, 5.41) is -0.658. The molecule has 0 aliphatic carbocycles. The highest BCUT2D eigenvalue weighted by Crippen LogP contribution is 2.21. The number of para-hydroxylation sites is 1. The first-order valence-corrected chi connectivity index (χ1v) is 6.16. The highest BCUT2D eigenvalue weighted by atomic mass is 35.5. The summed E-state index contributed by atoms with van der Waals surface area (Å²) in [5.74, 6) is -0.475. The molecular weight excluding hydrogens is 283 g/mol. The molecule has 0 atom stereocenters. The normalized spacial score (nSPS) is 10.1. The van der Waals surface area contributed by atoms with Crippen LogP contribution in [0.5, 0.6) is 5.75 Å². The average Bonchev–Trinajstić information content (AvgIpc) is 2.45. The maximum Gasteiger partial charge on any atom is 0.259 e. The van der Waals surface area contributed by atoms with Crippen LogP contribution in [0.1, 0.15) is 15.9 Å². The molecule has 0 saturated carbocycles. The molecule has 0 radical (unpaired) electrons. The molecule has 0 fully saturated rings. The topological polar surface area (TPSA) is 43.4 Å². The summed E-state index contributed by atoms with van der Waals surface area (Å²) in [7, 11) is 0. The van der Waals surface area contributed by atoms with Gasteiger partial charge in [0.2, 0.25) is 0 Å². The summed E-state index contributed by atoms with van der Waals surface area (Å²) >= 11 is 5.20. The van der Waals surface area contributed by atoms with Crippen molar-refractivity contribution >= 4 is 22.6 Å². The van der Waals surface area contributed by atoms with Gasteiger partial charge in [-0.2, -0.15) is 0 Å². The zero-order valence-electron chi connectivity index (χ0n) is 10.3. The lowest BCUT2D eigenvalue weighted by molar-refractivity contribution is -0.113. The molecule has 0 heterocycles. The van der Waals surface area contributed by atoms with Crippen LogP contribution in [0.3, 0.4) is 0 Å². The molecule has 0 aliphatic rings. The minimum Gasteiger partial charge on any atom is -0.484 e. The van der Waals surface area contributed by atoms with Gasteiger partial charge in [0.15, 0.2) is 12.4 Å². The van der Waals surface area contributed by atoms with Crippen LogP contribution in [-0.2, 0) is 4.79 Å². The Morgan fingerprint density at radius 1 is 1.05 bits per heavy atom. The molecule has 2 aromatic carbocycles. The molecule has 0 N–H and O–H groups in total. The van der Waals surface area contributed by atoms with Gasteiger partial charge in [-0.1, -0.05) is 12.1 Å². The molecule has 20 heavy (non-hydrogen) atoms. The highest BCUT2D eigenvalue weighted by molar-refractivity contribution is 6.63. The molecule has 0 amide bonds. The van der Waals surface area contributed by atoms with Crippen LogP contribution in [-0.4, -0.2) is 17.6 Å². The van der Waals surface area contributed by atoms with E-state index in [9.17, 15) is 14.0 Å². The number of hydrogen-bond donors (Lipinski definition) is 0. The maximum atomic E-state index is 12.9. The van der Waals surface area contributed by atoms with Gasteiger partial charge >= 0.3 is 0 Å². The van der Waals surface area contributed by atoms with E-state index >= 15 is 0 Å². The second-order valence-electron chi connectivity index (χ2n) is 3.98. The molecule has 5 heteroatoms. The van der Waals surface area contributed by atoms with Crippen LogP contribution in [0, 0.1) is 5.82 Å². The molecular formula is C15H10ClFO3. The smallest absolute Gasteiger partial charge is 0.259 e. The summed E-state index contributed by atoms with van der Waals surface area (Å²) in [6, 6.07) is 11.7. The van der Waals surface area contributed by atoms with E-state index < -0.39 is 11.1 Å². The third-order valence-corrected chi connectivity index (χ3v) is 2.69. The minimum atomic E-state index is -0.658. The Hall–Kier alpha value is -2.20. The van der Waals surface area contributed by atoms with Crippen molar-refractivity contribution in [3.63, 3.8) is 0 Å². The van der Waals surface area contributed by atoms with E-state index in [2.05, 4.69) is 0 Å². The Balaban J connectivity index is 2.29. The third kappa shape index (κ3) is 3.42. The van der Waals surface area contributed by atoms with Crippen molar-refractivity contribution in [2.75, 3.05) is 6.61 Å². The van der Waals surface area contributed by atoms with Crippen LogP contribution >= 0.6 is 11.6 Å². The van der Waals surface area contributed by atoms with Gasteiger partial charge in [-0.25, -0.2) is 4.39 Å². The summed E-state index contributed by atoms with van der Waals surface area (Å²) in [6.07, 6.45) is 0. The van der Waals surface area contributed by atoms with Gasteiger partial charge in [-0.3, -0.25) is 9.59 Å². The standard InChI is InChI=1S/C15H10ClFO3/c16-14(18)9-20-13-4-2-1-3-12(13)15(19)10-5-7-11(17)8-6-10/h1-8H,9H2. The molecule has 0 spiro atoms. The summed E-state index contributed by atoms with van der Waals surface area (Å²) < 4.78 is 18.0. The Labute approximate surface area is 119 Å². The van der Waals surface area contributed by atoms with Crippen molar-refractivity contribution in [2.24, 2.45) is 0 Å². The summed E-state index contributed by atoms with van der Waals surface area (Å²) in [6.45, 7) is -0.324. The molecule has 0 aliphatic heterocycles. The summed E-state index contributed by atoms with van der Waals surface area (Å²) in [5.41, 5.74) is 0.622. The Kier molecular flexibility index (Phi) is 4.48. The lowest BCUT2D eigenvalue weighted by Crippen LogP contribution is -2.09. The van der Waals surface area contributed by atoms with Gasteiger partial charge in [-0.05, 0) is 48.0 Å². The predicted molar refractivity (Wildman–Crippen MR) is 72.6 cm³/mol. The quantitative estimate of drug-likeness (QED) is 0.628. The van der Waals surface area contributed by atoms with Crippen LogP contribution < -0.4 is 4.74 Å². The van der Waals surface area contributed by atoms with E-state index in [0.29, 0.717) is 5.56 Å². The Morgan fingerprint density at radius 2 is 1.70 bits per heavy atom. The van der Waals surface area contributed by atoms with Gasteiger partial charge < -0.3 is 4.74 Å². The first kappa shape index (κ1) is 14.2. The molecule has 0 saturated heterocycles. The number of carbonyl (C=O) groups is 2. The number of halogens is 2. The van der Waals surface area contributed by atoms with E-state index in [1.54, 1.807) is 24.3 Å². The fourth-order valence-electron chi connectivity index (χ4n) is 1.67. The van der Waals surface area contributed by atoms with E-state index in [0.717, 1.165) is 0 Å². The monoisotopic (exact) mass is 292 g/mol. The number of hydrogen-bond acceptors (Lipinski definition) is 3. The van der Waals surface area contributed by atoms with Gasteiger partial charge in [-0.15, -0.1) is 0 Å². The van der Waals surface area contributed by atoms with Gasteiger partial charge in [0, 0.05) is 5.56 Å². The first-order valence-electron chi connectivity index (χ1n) is 5.78. The maximum absolute atomic E-state index is 12.9. The molecule has 0 aromatic heterocycles. The number of ketones is 1. The van der Waals surface area contributed by atoms with Crippen molar-refractivity contribution in [2.45, 2.75) is 0 Å². The van der Waals surface area contributed by atoms with Crippen LogP contribution in [0.4, 0.5) is 4.39 Å². The van der Waals surface area contributed by atoms with Gasteiger partial charge in [0.25, 0.3) is 5.24 Å². The molecule has 2 rings (SSSR count). The van der Waals surface area contributed by atoms with Crippen molar-refractivity contribution in [1.82, 2.24) is 0 Å². The Bertz CT molecular complexity index is 638. The Morgan fingerprint density at radius 3 is 2.35 bits per heavy atom. The van der Waals surface area contributed by atoms with Crippen molar-refractivity contribution < 1.29 is 18.7 Å². The van der Waals surface area contributed by atoms with Crippen molar-refractivity contribution in [3.8, 4) is 5.75 Å². The van der Waals surface area contributed by atoms with Gasteiger partial charge in [0.1, 0.15) is 11.6 Å². The number of carbonyl (C=O) groups excluding carboxylic acids is 2. The first-order chi connectivity index (χ1) is 9.58. The highest BCUT2D eigenvalue weighted by Gasteiger charge is 2.14. The summed E-state index contributed by atoms with van der Waals surface area (Å²) in [4.78, 5) is 23.0. The fourth-order valence-corrected chi connectivity index (χ4v) is 1.73. The van der Waals surface area contributed by atoms with Crippen molar-refractivity contribution in [3.05, 3.63) is 65.5 Å². The number of benzene rings is 2. The minimum absolute atomic E-state index is 0.260.